The number of carboxylic acids is 1. The van der Waals surface area contributed by atoms with Crippen molar-refractivity contribution in [2.75, 3.05) is 0 Å². The van der Waals surface area contributed by atoms with Crippen LogP contribution in [-0.2, 0) is 9.63 Å². The van der Waals surface area contributed by atoms with Crippen molar-refractivity contribution >= 4 is 12.2 Å². The highest BCUT2D eigenvalue weighted by molar-refractivity contribution is 5.84. The van der Waals surface area contributed by atoms with Gasteiger partial charge in [-0.05, 0) is 19.3 Å². The molecule has 0 radical (unpaired) electrons. The van der Waals surface area contributed by atoms with Crippen molar-refractivity contribution in [3.05, 3.63) is 0 Å². The van der Waals surface area contributed by atoms with Gasteiger partial charge in [0.1, 0.15) is 6.10 Å². The number of hydrogen-bond acceptors (Lipinski definition) is 3. The summed E-state index contributed by atoms with van der Waals surface area (Å²) in [4.78, 5) is 15.8. The zero-order valence-corrected chi connectivity index (χ0v) is 9.02. The maximum atomic E-state index is 10.8. The molecule has 2 atom stereocenters. The summed E-state index contributed by atoms with van der Waals surface area (Å²) in [5, 5.41) is 12.6. The first-order valence-corrected chi connectivity index (χ1v) is 4.79. The van der Waals surface area contributed by atoms with Crippen LogP contribution in [0.1, 0.15) is 27.7 Å². The Labute approximate surface area is 83.9 Å². The van der Waals surface area contributed by atoms with Crippen molar-refractivity contribution in [2.45, 2.75) is 33.8 Å². The molecule has 0 aromatic carbocycles. The summed E-state index contributed by atoms with van der Waals surface area (Å²) in [7, 11) is 0. The zero-order valence-electron chi connectivity index (χ0n) is 9.02. The Balaban J connectivity index is 2.49. The SMILES string of the molecule is CC(C)ON=C[C@@H]1[C@@H](C(=O)O)C1(C)C. The van der Waals surface area contributed by atoms with Gasteiger partial charge in [0.15, 0.2) is 0 Å². The highest BCUT2D eigenvalue weighted by Gasteiger charge is 2.61. The zero-order chi connectivity index (χ0) is 10.9. The largest absolute Gasteiger partial charge is 0.481 e. The van der Waals surface area contributed by atoms with Crippen LogP contribution in [0.4, 0.5) is 0 Å². The second-order valence-corrected chi connectivity index (χ2v) is 4.57. The minimum Gasteiger partial charge on any atom is -0.481 e. The van der Waals surface area contributed by atoms with Gasteiger partial charge in [-0.2, -0.15) is 0 Å². The molecule has 0 amide bonds. The molecule has 1 aliphatic rings. The molecule has 1 saturated carbocycles. The standard InChI is InChI=1S/C10H17NO3/c1-6(2)14-11-5-7-8(9(12)13)10(7,3)4/h5-8H,1-4H3,(H,12,13)/t7-,8+/m1/s1. The third-order valence-electron chi connectivity index (χ3n) is 2.67. The number of rotatable bonds is 4. The van der Waals surface area contributed by atoms with Crippen LogP contribution in [0.15, 0.2) is 5.16 Å². The van der Waals surface area contributed by atoms with E-state index in [1.807, 2.05) is 27.7 Å². The van der Waals surface area contributed by atoms with Crippen molar-refractivity contribution in [3.8, 4) is 0 Å². The van der Waals surface area contributed by atoms with Gasteiger partial charge in [0.2, 0.25) is 0 Å². The van der Waals surface area contributed by atoms with E-state index in [0.29, 0.717) is 0 Å². The van der Waals surface area contributed by atoms with Crippen LogP contribution in [0, 0.1) is 17.3 Å². The molecule has 0 spiro atoms. The Bertz CT molecular complexity index is 258. The maximum absolute atomic E-state index is 10.8. The van der Waals surface area contributed by atoms with E-state index in [0.717, 1.165) is 0 Å². The second kappa shape index (κ2) is 3.59. The summed E-state index contributed by atoms with van der Waals surface area (Å²) in [6.45, 7) is 7.61. The number of carboxylic acid groups (broad SMARTS) is 1. The molecule has 0 heterocycles. The van der Waals surface area contributed by atoms with Crippen LogP contribution >= 0.6 is 0 Å². The lowest BCUT2D eigenvalue weighted by Crippen LogP contribution is -2.03. The van der Waals surface area contributed by atoms with Crippen molar-refractivity contribution < 1.29 is 14.7 Å². The number of oxime groups is 1. The van der Waals surface area contributed by atoms with Crippen LogP contribution in [0.5, 0.6) is 0 Å². The molecule has 1 N–H and O–H groups in total. The lowest BCUT2D eigenvalue weighted by Gasteiger charge is -2.00. The first kappa shape index (κ1) is 11.0. The quantitative estimate of drug-likeness (QED) is 0.554. The monoisotopic (exact) mass is 199 g/mol. The van der Waals surface area contributed by atoms with E-state index in [9.17, 15) is 4.79 Å². The predicted octanol–water partition coefficient (Wildman–Crippen LogP) is 1.75. The summed E-state index contributed by atoms with van der Waals surface area (Å²) >= 11 is 0. The van der Waals surface area contributed by atoms with Crippen molar-refractivity contribution in [1.82, 2.24) is 0 Å². The van der Waals surface area contributed by atoms with Gasteiger partial charge in [0.25, 0.3) is 0 Å². The summed E-state index contributed by atoms with van der Waals surface area (Å²) in [5.41, 5.74) is -0.185. The van der Waals surface area contributed by atoms with Crippen molar-refractivity contribution in [3.63, 3.8) is 0 Å². The van der Waals surface area contributed by atoms with Gasteiger partial charge in [-0.15, -0.1) is 0 Å². The molecule has 1 fully saturated rings. The highest BCUT2D eigenvalue weighted by Crippen LogP contribution is 2.57. The highest BCUT2D eigenvalue weighted by atomic mass is 16.6. The Morgan fingerprint density at radius 2 is 2.14 bits per heavy atom. The topological polar surface area (TPSA) is 58.9 Å². The Morgan fingerprint density at radius 3 is 2.50 bits per heavy atom. The Hall–Kier alpha value is -1.06. The molecule has 0 aromatic heterocycles. The van der Waals surface area contributed by atoms with Crippen LogP contribution in [0.2, 0.25) is 0 Å². The summed E-state index contributed by atoms with van der Waals surface area (Å²) < 4.78 is 0. The summed E-state index contributed by atoms with van der Waals surface area (Å²) in [6.07, 6.45) is 1.65. The number of aliphatic carboxylic acids is 1. The van der Waals surface area contributed by atoms with Gasteiger partial charge in [-0.25, -0.2) is 0 Å². The third-order valence-corrected chi connectivity index (χ3v) is 2.67. The first-order valence-electron chi connectivity index (χ1n) is 4.79. The van der Waals surface area contributed by atoms with Crippen molar-refractivity contribution in [2.24, 2.45) is 22.4 Å². The van der Waals surface area contributed by atoms with E-state index in [1.165, 1.54) is 0 Å². The lowest BCUT2D eigenvalue weighted by atomic mass is 10.1. The fourth-order valence-corrected chi connectivity index (χ4v) is 1.65. The maximum Gasteiger partial charge on any atom is 0.307 e. The second-order valence-electron chi connectivity index (χ2n) is 4.57. The molecule has 1 rings (SSSR count). The lowest BCUT2D eigenvalue weighted by molar-refractivity contribution is -0.139. The van der Waals surface area contributed by atoms with E-state index in [-0.39, 0.29) is 23.4 Å². The van der Waals surface area contributed by atoms with E-state index in [4.69, 9.17) is 9.94 Å². The molecule has 0 unspecified atom stereocenters. The van der Waals surface area contributed by atoms with E-state index >= 15 is 0 Å². The minimum absolute atomic E-state index is 0.00116. The molecule has 0 bridgehead atoms. The van der Waals surface area contributed by atoms with Crippen LogP contribution in [0.3, 0.4) is 0 Å². The average Bonchev–Trinajstić information content (AvgIpc) is 2.52. The molecule has 80 valence electrons. The molecule has 4 nitrogen and oxygen atoms in total. The molecular formula is C10H17NO3. The average molecular weight is 199 g/mol. The van der Waals surface area contributed by atoms with E-state index < -0.39 is 5.97 Å². The molecular weight excluding hydrogens is 182 g/mol. The van der Waals surface area contributed by atoms with Gasteiger partial charge < -0.3 is 9.94 Å². The molecule has 0 aromatic rings. The minimum atomic E-state index is -0.754. The van der Waals surface area contributed by atoms with Crippen LogP contribution in [0.25, 0.3) is 0 Å². The van der Waals surface area contributed by atoms with Gasteiger partial charge in [-0.3, -0.25) is 4.79 Å². The summed E-state index contributed by atoms with van der Waals surface area (Å²) in [6, 6.07) is 0. The molecule has 0 saturated heterocycles. The number of nitrogens with zero attached hydrogens (tertiary/aromatic N) is 1. The van der Waals surface area contributed by atoms with Gasteiger partial charge in [0, 0.05) is 12.1 Å². The van der Waals surface area contributed by atoms with E-state index in [1.54, 1.807) is 6.21 Å². The Kier molecular flexibility index (Phi) is 2.83. The molecule has 4 heteroatoms. The normalized spacial score (nSPS) is 29.5. The molecule has 1 aliphatic carbocycles. The number of carbonyl (C=O) groups is 1. The van der Waals surface area contributed by atoms with Crippen LogP contribution < -0.4 is 0 Å². The number of hydrogen-bond donors (Lipinski definition) is 1. The molecule has 14 heavy (non-hydrogen) atoms. The van der Waals surface area contributed by atoms with Gasteiger partial charge >= 0.3 is 5.97 Å². The summed E-state index contributed by atoms with van der Waals surface area (Å²) in [5.74, 6) is -1.07. The van der Waals surface area contributed by atoms with Crippen molar-refractivity contribution in [1.29, 1.82) is 0 Å². The Morgan fingerprint density at radius 1 is 1.57 bits per heavy atom. The van der Waals surface area contributed by atoms with Gasteiger partial charge in [0.05, 0.1) is 5.92 Å². The van der Waals surface area contributed by atoms with Crippen LogP contribution in [-0.4, -0.2) is 23.4 Å². The molecule has 0 aliphatic heterocycles. The van der Waals surface area contributed by atoms with E-state index in [2.05, 4.69) is 5.16 Å². The fourth-order valence-electron chi connectivity index (χ4n) is 1.65. The van der Waals surface area contributed by atoms with Gasteiger partial charge in [-0.1, -0.05) is 19.0 Å². The first-order chi connectivity index (χ1) is 6.37. The predicted molar refractivity (Wildman–Crippen MR) is 53.1 cm³/mol. The fraction of sp³-hybridized carbons (Fsp3) is 0.800. The third kappa shape index (κ3) is 2.05. The smallest absolute Gasteiger partial charge is 0.307 e.